The van der Waals surface area contributed by atoms with E-state index in [1.54, 1.807) is 0 Å². The first kappa shape index (κ1) is 11.0. The van der Waals surface area contributed by atoms with Crippen molar-refractivity contribution in [3.8, 4) is 5.88 Å². The van der Waals surface area contributed by atoms with Gasteiger partial charge in [0.05, 0.1) is 18.6 Å². The van der Waals surface area contributed by atoms with Crippen molar-refractivity contribution in [3.63, 3.8) is 0 Å². The van der Waals surface area contributed by atoms with Crippen LogP contribution in [0.2, 0.25) is 0 Å². The number of hydrogen-bond donors (Lipinski definition) is 1. The Bertz CT molecular complexity index is 378. The normalized spacial score (nSPS) is 10.6. The molecule has 1 rings (SSSR count). The number of methoxy groups -OCH3 is 1. The average molecular weight is 224 g/mol. The summed E-state index contributed by atoms with van der Waals surface area (Å²) in [6.07, 6.45) is -2.70. The van der Waals surface area contributed by atoms with E-state index in [0.717, 1.165) is 6.07 Å². The van der Waals surface area contributed by atoms with Gasteiger partial charge in [0.1, 0.15) is 0 Å². The maximum Gasteiger partial charge on any atom is 0.268 e. The van der Waals surface area contributed by atoms with E-state index in [2.05, 4.69) is 9.72 Å². The number of ether oxygens (including phenoxy) is 1. The second-order valence-electron chi connectivity index (χ2n) is 2.55. The zero-order chi connectivity index (χ0) is 10.7. The summed E-state index contributed by atoms with van der Waals surface area (Å²) in [5.41, 5.74) is -0.772. The zero-order valence-corrected chi connectivity index (χ0v) is 8.07. The fourth-order valence-electron chi connectivity index (χ4n) is 1.00. The number of pyridine rings is 1. The highest BCUT2D eigenvalue weighted by Crippen LogP contribution is 2.26. The van der Waals surface area contributed by atoms with Crippen LogP contribution in [0.4, 0.5) is 8.78 Å². The van der Waals surface area contributed by atoms with E-state index in [9.17, 15) is 13.6 Å². The summed E-state index contributed by atoms with van der Waals surface area (Å²) in [6.45, 7) is 0. The standard InChI is InChI=1S/C8H8ClF2NO2/c1-14-8-5(6(10)11)2-4(3-9)7(13)12-8/h2,6H,3H2,1H3,(H,12,13). The molecule has 0 saturated heterocycles. The number of aromatic nitrogens is 1. The van der Waals surface area contributed by atoms with Gasteiger partial charge in [-0.1, -0.05) is 0 Å². The minimum atomic E-state index is -2.70. The lowest BCUT2D eigenvalue weighted by Crippen LogP contribution is -2.14. The molecule has 3 nitrogen and oxygen atoms in total. The molecule has 1 heterocycles. The number of halogens is 3. The predicted molar refractivity (Wildman–Crippen MR) is 48.1 cm³/mol. The summed E-state index contributed by atoms with van der Waals surface area (Å²) in [7, 11) is 1.21. The van der Waals surface area contributed by atoms with Gasteiger partial charge in [0.25, 0.3) is 12.0 Å². The summed E-state index contributed by atoms with van der Waals surface area (Å²) in [6, 6.07) is 1.05. The monoisotopic (exact) mass is 223 g/mol. The van der Waals surface area contributed by atoms with E-state index in [0.29, 0.717) is 0 Å². The third-order valence-corrected chi connectivity index (χ3v) is 1.98. The summed E-state index contributed by atoms with van der Waals surface area (Å²) >= 11 is 5.40. The van der Waals surface area contributed by atoms with Crippen molar-refractivity contribution in [2.45, 2.75) is 12.3 Å². The van der Waals surface area contributed by atoms with Crippen LogP contribution < -0.4 is 10.3 Å². The van der Waals surface area contributed by atoms with Gasteiger partial charge in [-0.2, -0.15) is 0 Å². The predicted octanol–water partition coefficient (Wildman–Crippen LogP) is 2.06. The molecule has 0 atom stereocenters. The number of nitrogens with one attached hydrogen (secondary N) is 1. The van der Waals surface area contributed by atoms with E-state index in [4.69, 9.17) is 11.6 Å². The van der Waals surface area contributed by atoms with Crippen LogP contribution in [0.1, 0.15) is 17.6 Å². The van der Waals surface area contributed by atoms with Crippen LogP contribution in [-0.2, 0) is 5.88 Å². The minimum Gasteiger partial charge on any atom is -0.482 e. The molecule has 78 valence electrons. The van der Waals surface area contributed by atoms with Gasteiger partial charge in [-0.25, -0.2) is 8.78 Å². The molecule has 0 fully saturated rings. The summed E-state index contributed by atoms with van der Waals surface area (Å²) in [5.74, 6) is -0.335. The van der Waals surface area contributed by atoms with E-state index >= 15 is 0 Å². The molecule has 14 heavy (non-hydrogen) atoms. The average Bonchev–Trinajstić information content (AvgIpc) is 2.16. The fraction of sp³-hybridized carbons (Fsp3) is 0.375. The van der Waals surface area contributed by atoms with Crippen molar-refractivity contribution in [1.29, 1.82) is 0 Å². The van der Waals surface area contributed by atoms with Crippen LogP contribution in [0.25, 0.3) is 0 Å². The first-order valence-corrected chi connectivity index (χ1v) is 4.27. The molecule has 0 aromatic carbocycles. The number of aromatic amines is 1. The molecular weight excluding hydrogens is 216 g/mol. The fourth-order valence-corrected chi connectivity index (χ4v) is 1.20. The molecule has 0 aliphatic heterocycles. The smallest absolute Gasteiger partial charge is 0.268 e. The summed E-state index contributed by atoms with van der Waals surface area (Å²) in [5, 5.41) is 0. The Hall–Kier alpha value is -1.10. The maximum absolute atomic E-state index is 12.4. The molecule has 0 aliphatic rings. The van der Waals surface area contributed by atoms with Crippen molar-refractivity contribution in [3.05, 3.63) is 27.5 Å². The lowest BCUT2D eigenvalue weighted by molar-refractivity contribution is 0.146. The van der Waals surface area contributed by atoms with Gasteiger partial charge >= 0.3 is 0 Å². The molecule has 0 spiro atoms. The van der Waals surface area contributed by atoms with Crippen LogP contribution in [0.5, 0.6) is 5.88 Å². The van der Waals surface area contributed by atoms with E-state index in [1.807, 2.05) is 0 Å². The zero-order valence-electron chi connectivity index (χ0n) is 7.31. The highest BCUT2D eigenvalue weighted by Gasteiger charge is 2.16. The molecule has 6 heteroatoms. The Labute approximate surface area is 83.7 Å². The number of hydrogen-bond acceptors (Lipinski definition) is 2. The van der Waals surface area contributed by atoms with Gasteiger partial charge in [-0.15, -0.1) is 11.6 Å². The molecule has 0 bridgehead atoms. The van der Waals surface area contributed by atoms with Crippen LogP contribution >= 0.6 is 11.6 Å². The van der Waals surface area contributed by atoms with Gasteiger partial charge in [-0.05, 0) is 6.07 Å². The summed E-state index contributed by atoms with van der Waals surface area (Å²) < 4.78 is 29.4. The lowest BCUT2D eigenvalue weighted by atomic mass is 10.2. The Morgan fingerprint density at radius 1 is 1.64 bits per heavy atom. The molecule has 0 saturated carbocycles. The maximum atomic E-state index is 12.4. The number of rotatable bonds is 3. The quantitative estimate of drug-likeness (QED) is 0.797. The van der Waals surface area contributed by atoms with Gasteiger partial charge in [0, 0.05) is 5.56 Å². The van der Waals surface area contributed by atoms with Crippen molar-refractivity contribution < 1.29 is 13.5 Å². The second-order valence-corrected chi connectivity index (χ2v) is 2.81. The van der Waals surface area contributed by atoms with Crippen LogP contribution in [0, 0.1) is 0 Å². The van der Waals surface area contributed by atoms with E-state index < -0.39 is 12.0 Å². The highest BCUT2D eigenvalue weighted by molar-refractivity contribution is 6.17. The van der Waals surface area contributed by atoms with Gasteiger partial charge in [0.15, 0.2) is 0 Å². The number of alkyl halides is 3. The minimum absolute atomic E-state index is 0.0998. The third-order valence-electron chi connectivity index (χ3n) is 1.69. The molecule has 1 N–H and O–H groups in total. The Morgan fingerprint density at radius 2 is 2.29 bits per heavy atom. The van der Waals surface area contributed by atoms with Crippen molar-refractivity contribution in [2.75, 3.05) is 7.11 Å². The van der Waals surface area contributed by atoms with Crippen LogP contribution in [0.3, 0.4) is 0 Å². The van der Waals surface area contributed by atoms with Crippen LogP contribution in [-0.4, -0.2) is 12.1 Å². The first-order chi connectivity index (χ1) is 6.60. The van der Waals surface area contributed by atoms with Crippen LogP contribution in [0.15, 0.2) is 10.9 Å². The van der Waals surface area contributed by atoms with Crippen molar-refractivity contribution >= 4 is 11.6 Å². The van der Waals surface area contributed by atoms with E-state index in [1.165, 1.54) is 7.11 Å². The molecule has 1 aromatic rings. The van der Waals surface area contributed by atoms with Gasteiger partial charge < -0.3 is 4.74 Å². The van der Waals surface area contributed by atoms with Gasteiger partial charge in [-0.3, -0.25) is 9.78 Å². The largest absolute Gasteiger partial charge is 0.482 e. The highest BCUT2D eigenvalue weighted by atomic mass is 35.5. The van der Waals surface area contributed by atoms with Crippen molar-refractivity contribution in [1.82, 2.24) is 4.98 Å². The number of H-pyrrole nitrogens is 1. The Balaban J connectivity index is 3.32. The second kappa shape index (κ2) is 4.41. The molecule has 0 aliphatic carbocycles. The molecular formula is C8H8ClF2NO2. The molecule has 0 radical (unpaired) electrons. The van der Waals surface area contributed by atoms with E-state index in [-0.39, 0.29) is 22.9 Å². The Kier molecular flexibility index (Phi) is 3.46. The first-order valence-electron chi connectivity index (χ1n) is 3.74. The molecule has 0 unspecified atom stereocenters. The Morgan fingerprint density at radius 3 is 2.71 bits per heavy atom. The molecule has 0 amide bonds. The van der Waals surface area contributed by atoms with Crippen molar-refractivity contribution in [2.24, 2.45) is 0 Å². The topological polar surface area (TPSA) is 42.1 Å². The lowest BCUT2D eigenvalue weighted by Gasteiger charge is -2.07. The van der Waals surface area contributed by atoms with Gasteiger partial charge in [0.2, 0.25) is 5.88 Å². The SMILES string of the molecule is COc1[nH]c(=O)c(CCl)cc1C(F)F. The molecule has 1 aromatic heterocycles. The third kappa shape index (κ3) is 2.04. The summed E-state index contributed by atoms with van der Waals surface area (Å²) in [4.78, 5) is 13.3.